The topological polar surface area (TPSA) is 184 Å². The quantitative estimate of drug-likeness (QED) is 0.126. The van der Waals surface area contributed by atoms with Crippen LogP contribution in [-0.2, 0) is 32.0 Å². The second-order valence-electron chi connectivity index (χ2n) is 16.2. The number of carbonyl (C=O) groups is 4. The number of amides is 4. The number of aromatic nitrogens is 2. The Labute approximate surface area is 384 Å². The van der Waals surface area contributed by atoms with Crippen molar-refractivity contribution in [2.45, 2.75) is 38.5 Å². The summed E-state index contributed by atoms with van der Waals surface area (Å²) in [6.07, 6.45) is 12.4. The first-order valence-corrected chi connectivity index (χ1v) is 22.3. The molecule has 4 amide bonds. The Balaban J connectivity index is 0.000000179. The lowest BCUT2D eigenvalue weighted by Crippen LogP contribution is -2.38. The molecule has 4 N–H and O–H groups in total. The van der Waals surface area contributed by atoms with Crippen molar-refractivity contribution in [2.24, 2.45) is 23.7 Å². The molecule has 6 heterocycles. The minimum Gasteiger partial charge on any atom is -0.493 e. The van der Waals surface area contributed by atoms with Gasteiger partial charge in [0.05, 0.1) is 38.3 Å². The first kappa shape index (κ1) is 48.4. The molecule has 2 aromatic heterocycles. The van der Waals surface area contributed by atoms with E-state index in [0.717, 1.165) is 59.9 Å². The van der Waals surface area contributed by atoms with E-state index in [2.05, 4.69) is 43.1 Å². The number of hydrogen-bond acceptors (Lipinski definition) is 10. The summed E-state index contributed by atoms with van der Waals surface area (Å²) in [5, 5.41) is 23.6. The van der Waals surface area contributed by atoms with Crippen LogP contribution >= 0.6 is 15.9 Å². The van der Waals surface area contributed by atoms with Gasteiger partial charge in [0, 0.05) is 49.1 Å². The lowest BCUT2D eigenvalue weighted by atomic mass is 9.95. The van der Waals surface area contributed by atoms with Gasteiger partial charge in [-0.15, -0.1) is 0 Å². The predicted molar refractivity (Wildman–Crippen MR) is 244 cm³/mol. The molecule has 8 rings (SSSR count). The Hall–Kier alpha value is -6.04. The maximum Gasteiger partial charge on any atom is 0.246 e. The van der Waals surface area contributed by atoms with Crippen molar-refractivity contribution in [1.29, 1.82) is 0 Å². The number of fused-ring (bicyclic) bond motifs is 2. The van der Waals surface area contributed by atoms with Crippen molar-refractivity contribution in [3.8, 4) is 11.5 Å². The van der Waals surface area contributed by atoms with E-state index in [4.69, 9.17) is 14.6 Å². The molecule has 4 aliphatic rings. The fourth-order valence-electron chi connectivity index (χ4n) is 7.62. The summed E-state index contributed by atoms with van der Waals surface area (Å²) in [4.78, 5) is 59.1. The number of hydrogen-bond donors (Lipinski definition) is 4. The fraction of sp³-hybridized carbons (Fsp3) is 0.375. The maximum atomic E-state index is 13.0. The molecule has 2 saturated heterocycles. The number of rotatable bonds is 11. The molecule has 344 valence electrons. The van der Waals surface area contributed by atoms with Crippen LogP contribution < -0.4 is 20.1 Å². The molecular formula is C48H53BrF2N6O8. The van der Waals surface area contributed by atoms with Crippen molar-refractivity contribution in [3.63, 3.8) is 0 Å². The van der Waals surface area contributed by atoms with Crippen LogP contribution in [0.15, 0.2) is 96.3 Å². The van der Waals surface area contributed by atoms with E-state index in [0.29, 0.717) is 74.1 Å². The summed E-state index contributed by atoms with van der Waals surface area (Å²) in [6, 6.07) is 15.8. The van der Waals surface area contributed by atoms with E-state index >= 15 is 0 Å². The molecule has 2 atom stereocenters. The molecule has 4 aliphatic heterocycles. The third-order valence-electron chi connectivity index (χ3n) is 11.6. The summed E-state index contributed by atoms with van der Waals surface area (Å²) in [7, 11) is 0. The SMILES string of the molecule is C=CC(=O)N1CCC(COc2ccc(F)cc2)CC1.O=C1Nc2ncc(/C=C/C(=O)N3CCC(COc4ccc(F)cc4)CC3)cc2CC1CO.O=C1Nc2ncc(Br)cc2CC1CO. The molecule has 0 bridgehead atoms. The smallest absolute Gasteiger partial charge is 0.246 e. The largest absolute Gasteiger partial charge is 0.493 e. The van der Waals surface area contributed by atoms with Crippen LogP contribution in [0.4, 0.5) is 20.4 Å². The Bertz CT molecular complexity index is 2300. The molecular weight excluding hydrogens is 906 g/mol. The number of aliphatic hydroxyl groups is 2. The number of ether oxygens (including phenoxy) is 2. The highest BCUT2D eigenvalue weighted by atomic mass is 79.9. The normalized spacial score (nSPS) is 18.4. The van der Waals surface area contributed by atoms with Gasteiger partial charge in [0.25, 0.3) is 0 Å². The fourth-order valence-corrected chi connectivity index (χ4v) is 8.00. The van der Waals surface area contributed by atoms with Gasteiger partial charge in [0.15, 0.2) is 0 Å². The van der Waals surface area contributed by atoms with Crippen LogP contribution in [0.5, 0.6) is 11.5 Å². The standard InChI is InChI=1S/C24H26FN3O4.C15H18FNO2.C9H9BrN2O2/c25-20-2-4-21(5-3-20)32-15-16-7-9-28(10-8-16)22(30)6-1-17-11-18-12-19(14-29)24(31)27-23(18)26-13-17;1-2-15(18)17-9-7-12(8-10-17)11-19-14-5-3-13(16)4-6-14;10-7-2-5-1-6(4-13)9(14)12-8(5)11-3-7/h1-6,11,13,16,19,29H,7-10,12,14-15H2,(H,26,27,31);2-6,12H,1,7-11H2;2-3,6,13H,1,4H2,(H,11,12,14)/b6-1+;;. The van der Waals surface area contributed by atoms with Crippen LogP contribution in [0.3, 0.4) is 0 Å². The Kier molecular flexibility index (Phi) is 17.7. The number of carbonyl (C=O) groups excluding carboxylic acids is 4. The van der Waals surface area contributed by atoms with Crippen LogP contribution in [0.25, 0.3) is 6.08 Å². The lowest BCUT2D eigenvalue weighted by Gasteiger charge is -2.31. The highest BCUT2D eigenvalue weighted by Crippen LogP contribution is 2.27. The number of halogens is 3. The van der Waals surface area contributed by atoms with Gasteiger partial charge in [0.1, 0.15) is 34.8 Å². The highest BCUT2D eigenvalue weighted by molar-refractivity contribution is 9.10. The Morgan fingerprint density at radius 2 is 1.17 bits per heavy atom. The molecule has 2 aromatic carbocycles. The first-order valence-electron chi connectivity index (χ1n) is 21.5. The zero-order chi connectivity index (χ0) is 46.3. The van der Waals surface area contributed by atoms with Crippen LogP contribution in [0.1, 0.15) is 42.4 Å². The number of piperidine rings is 2. The van der Waals surface area contributed by atoms with E-state index in [1.807, 2.05) is 17.0 Å². The third kappa shape index (κ3) is 14.2. The van der Waals surface area contributed by atoms with Gasteiger partial charge >= 0.3 is 0 Å². The molecule has 2 unspecified atom stereocenters. The van der Waals surface area contributed by atoms with E-state index in [9.17, 15) is 33.1 Å². The van der Waals surface area contributed by atoms with Gasteiger partial charge in [-0.05, 0) is 156 Å². The minimum atomic E-state index is -0.474. The number of anilines is 2. The molecule has 0 aliphatic carbocycles. The number of pyridine rings is 2. The zero-order valence-corrected chi connectivity index (χ0v) is 37.4. The van der Waals surface area contributed by atoms with Gasteiger partial charge in [0.2, 0.25) is 23.6 Å². The average Bonchev–Trinajstić information content (AvgIpc) is 3.33. The molecule has 0 radical (unpaired) electrons. The van der Waals surface area contributed by atoms with Crippen molar-refractivity contribution >= 4 is 57.3 Å². The third-order valence-corrected chi connectivity index (χ3v) is 12.0. The van der Waals surface area contributed by atoms with Crippen LogP contribution in [0.2, 0.25) is 0 Å². The second-order valence-corrected chi connectivity index (χ2v) is 17.1. The molecule has 0 saturated carbocycles. The van der Waals surface area contributed by atoms with Crippen LogP contribution in [-0.4, -0.2) is 106 Å². The van der Waals surface area contributed by atoms with Crippen LogP contribution in [0, 0.1) is 35.3 Å². The predicted octanol–water partition coefficient (Wildman–Crippen LogP) is 6.23. The highest BCUT2D eigenvalue weighted by Gasteiger charge is 2.28. The molecule has 14 nitrogen and oxygen atoms in total. The zero-order valence-electron chi connectivity index (χ0n) is 35.8. The van der Waals surface area contributed by atoms with Gasteiger partial charge in [-0.25, -0.2) is 18.7 Å². The Morgan fingerprint density at radius 3 is 1.63 bits per heavy atom. The van der Waals surface area contributed by atoms with E-state index < -0.39 is 5.92 Å². The molecule has 17 heteroatoms. The van der Waals surface area contributed by atoms with Gasteiger partial charge in [-0.2, -0.15) is 0 Å². The number of benzene rings is 2. The van der Waals surface area contributed by atoms with Crippen molar-refractivity contribution in [2.75, 3.05) is 63.2 Å². The average molecular weight is 960 g/mol. The number of nitrogens with one attached hydrogen (secondary N) is 2. The van der Waals surface area contributed by atoms with Crippen molar-refractivity contribution in [3.05, 3.63) is 125 Å². The summed E-state index contributed by atoms with van der Waals surface area (Å²) >= 11 is 3.31. The molecule has 2 fully saturated rings. The van der Waals surface area contributed by atoms with E-state index in [1.54, 1.807) is 53.7 Å². The Morgan fingerprint density at radius 1 is 0.723 bits per heavy atom. The summed E-state index contributed by atoms with van der Waals surface area (Å²) in [5.41, 5.74) is 2.57. The van der Waals surface area contributed by atoms with Gasteiger partial charge in [-0.3, -0.25) is 19.2 Å². The molecule has 65 heavy (non-hydrogen) atoms. The van der Waals surface area contributed by atoms with Crippen molar-refractivity contribution in [1.82, 2.24) is 19.8 Å². The van der Waals surface area contributed by atoms with E-state index in [-0.39, 0.29) is 54.4 Å². The van der Waals surface area contributed by atoms with Crippen molar-refractivity contribution < 1.29 is 47.6 Å². The minimum absolute atomic E-state index is 0.00194. The number of nitrogens with zero attached hydrogens (tertiary/aromatic N) is 4. The molecule has 0 spiro atoms. The summed E-state index contributed by atoms with van der Waals surface area (Å²) in [5.74, 6) is 1.43. The number of likely N-dealkylation sites (tertiary alicyclic amines) is 2. The van der Waals surface area contributed by atoms with Gasteiger partial charge < -0.3 is 40.1 Å². The lowest BCUT2D eigenvalue weighted by molar-refractivity contribution is -0.128. The maximum absolute atomic E-state index is 13.0. The summed E-state index contributed by atoms with van der Waals surface area (Å²) < 4.78 is 37.9. The molecule has 4 aromatic rings. The second kappa shape index (κ2) is 23.8. The monoisotopic (exact) mass is 958 g/mol. The number of aliphatic hydroxyl groups excluding tert-OH is 2. The van der Waals surface area contributed by atoms with Gasteiger partial charge in [-0.1, -0.05) is 6.58 Å². The summed E-state index contributed by atoms with van der Waals surface area (Å²) in [6.45, 7) is 7.14. The van der Waals surface area contributed by atoms with E-state index in [1.165, 1.54) is 30.3 Å². The first-order chi connectivity index (χ1) is 31.4.